The molecule has 0 rings (SSSR count). The zero-order valence-corrected chi connectivity index (χ0v) is 41.0. The normalized spacial score (nSPS) is 13.8. The van der Waals surface area contributed by atoms with Crippen LogP contribution in [0.3, 0.4) is 0 Å². The summed E-state index contributed by atoms with van der Waals surface area (Å²) in [4.78, 5) is 35.2. The highest BCUT2D eigenvalue weighted by atomic mass is 31.2. The van der Waals surface area contributed by atoms with Gasteiger partial charge in [-0.15, -0.1) is 0 Å². The van der Waals surface area contributed by atoms with Crippen molar-refractivity contribution in [3.8, 4) is 0 Å². The second kappa shape index (κ2) is 47.4. The Morgan fingerprint density at radius 1 is 0.484 bits per heavy atom. The van der Waals surface area contributed by atoms with Crippen LogP contribution in [0.4, 0.5) is 0 Å². The van der Waals surface area contributed by atoms with Crippen LogP contribution in [-0.2, 0) is 32.7 Å². The van der Waals surface area contributed by atoms with Crippen LogP contribution in [0.15, 0.2) is 24.3 Å². The molecule has 366 valence electrons. The summed E-state index contributed by atoms with van der Waals surface area (Å²) in [5, 5.41) is 18.4. The minimum atomic E-state index is -4.62. The number of phosphoric acid groups is 1. The number of rotatable bonds is 49. The standard InChI is InChI=1S/C51H97O10P/c1-3-5-7-9-11-13-15-17-19-21-23-24-25-27-28-30-32-34-36-38-40-42-50(54)58-46-49(47-60-62(56,57)59-45-48(53)44-52)61-51(55)43-41-39-37-35-33-31-29-26-22-20-18-16-14-12-10-8-6-4-2/h14,16,20,22,48-49,52-53H,3-13,15,17-19,21,23-47H2,1-2H3,(H,56,57)/b16-14-,22-20-. The highest BCUT2D eigenvalue weighted by Gasteiger charge is 2.27. The van der Waals surface area contributed by atoms with Gasteiger partial charge in [-0.25, -0.2) is 4.57 Å². The molecule has 0 bridgehead atoms. The van der Waals surface area contributed by atoms with Crippen LogP contribution in [0.2, 0.25) is 0 Å². The van der Waals surface area contributed by atoms with Gasteiger partial charge < -0.3 is 24.6 Å². The second-order valence-corrected chi connectivity index (χ2v) is 19.0. The van der Waals surface area contributed by atoms with Crippen molar-refractivity contribution in [1.82, 2.24) is 0 Å². The van der Waals surface area contributed by atoms with Crippen molar-refractivity contribution in [2.75, 3.05) is 26.4 Å². The number of allylic oxidation sites excluding steroid dienone is 4. The summed E-state index contributed by atoms with van der Waals surface area (Å²) < 4.78 is 32.9. The van der Waals surface area contributed by atoms with Gasteiger partial charge in [0.05, 0.1) is 19.8 Å². The lowest BCUT2D eigenvalue weighted by atomic mass is 10.0. The van der Waals surface area contributed by atoms with Crippen molar-refractivity contribution in [2.24, 2.45) is 0 Å². The summed E-state index contributed by atoms with van der Waals surface area (Å²) in [6.45, 7) is 2.41. The van der Waals surface area contributed by atoms with Gasteiger partial charge in [0, 0.05) is 12.8 Å². The second-order valence-electron chi connectivity index (χ2n) is 17.6. The molecule has 0 aromatic carbocycles. The van der Waals surface area contributed by atoms with Crippen LogP contribution >= 0.6 is 7.82 Å². The Bertz CT molecular complexity index is 1080. The van der Waals surface area contributed by atoms with Crippen LogP contribution in [0.1, 0.15) is 251 Å². The molecule has 0 fully saturated rings. The smallest absolute Gasteiger partial charge is 0.462 e. The van der Waals surface area contributed by atoms with Gasteiger partial charge in [0.15, 0.2) is 6.10 Å². The summed E-state index contributed by atoms with van der Waals surface area (Å²) in [6.07, 6.45) is 50.0. The molecule has 11 heteroatoms. The van der Waals surface area contributed by atoms with E-state index < -0.39 is 51.8 Å². The van der Waals surface area contributed by atoms with E-state index >= 15 is 0 Å². The Morgan fingerprint density at radius 2 is 0.839 bits per heavy atom. The topological polar surface area (TPSA) is 149 Å². The van der Waals surface area contributed by atoms with Gasteiger partial charge in [-0.2, -0.15) is 0 Å². The number of carbonyl (C=O) groups is 2. The van der Waals surface area contributed by atoms with Crippen molar-refractivity contribution in [3.63, 3.8) is 0 Å². The summed E-state index contributed by atoms with van der Waals surface area (Å²) >= 11 is 0. The summed E-state index contributed by atoms with van der Waals surface area (Å²) in [5.74, 6) is -0.920. The van der Waals surface area contributed by atoms with Crippen LogP contribution < -0.4 is 0 Å². The number of phosphoric ester groups is 1. The zero-order chi connectivity index (χ0) is 45.5. The number of unbranched alkanes of at least 4 members (excludes halogenated alkanes) is 31. The fourth-order valence-electron chi connectivity index (χ4n) is 7.38. The summed E-state index contributed by atoms with van der Waals surface area (Å²) in [6, 6.07) is 0. The van der Waals surface area contributed by atoms with Crippen molar-refractivity contribution in [2.45, 2.75) is 264 Å². The van der Waals surface area contributed by atoms with Crippen molar-refractivity contribution < 1.29 is 47.8 Å². The highest BCUT2D eigenvalue weighted by Crippen LogP contribution is 2.43. The van der Waals surface area contributed by atoms with Crippen LogP contribution in [0.25, 0.3) is 0 Å². The third-order valence-electron chi connectivity index (χ3n) is 11.4. The molecule has 3 atom stereocenters. The van der Waals surface area contributed by atoms with E-state index in [1.54, 1.807) is 0 Å². The Labute approximate surface area is 380 Å². The van der Waals surface area contributed by atoms with E-state index in [1.807, 2.05) is 0 Å². The van der Waals surface area contributed by atoms with E-state index in [1.165, 1.54) is 161 Å². The Kier molecular flexibility index (Phi) is 46.2. The van der Waals surface area contributed by atoms with E-state index in [4.69, 9.17) is 23.6 Å². The Hall–Kier alpha value is -1.55. The molecular weight excluding hydrogens is 804 g/mol. The first-order valence-electron chi connectivity index (χ1n) is 25.8. The fourth-order valence-corrected chi connectivity index (χ4v) is 8.17. The molecule has 0 aliphatic rings. The van der Waals surface area contributed by atoms with Crippen LogP contribution in [-0.4, -0.2) is 65.7 Å². The quantitative estimate of drug-likeness (QED) is 0.0233. The maximum Gasteiger partial charge on any atom is 0.472 e. The molecule has 0 saturated heterocycles. The predicted molar refractivity (Wildman–Crippen MR) is 256 cm³/mol. The van der Waals surface area contributed by atoms with E-state index in [0.717, 1.165) is 51.4 Å². The maximum absolute atomic E-state index is 12.7. The Morgan fingerprint density at radius 3 is 1.26 bits per heavy atom. The van der Waals surface area contributed by atoms with Crippen molar-refractivity contribution in [3.05, 3.63) is 24.3 Å². The van der Waals surface area contributed by atoms with Crippen molar-refractivity contribution in [1.29, 1.82) is 0 Å². The predicted octanol–water partition coefficient (Wildman–Crippen LogP) is 14.5. The molecule has 0 radical (unpaired) electrons. The maximum atomic E-state index is 12.7. The third kappa shape index (κ3) is 46.4. The third-order valence-corrected chi connectivity index (χ3v) is 12.3. The monoisotopic (exact) mass is 901 g/mol. The first-order chi connectivity index (χ1) is 30.2. The lowest BCUT2D eigenvalue weighted by Gasteiger charge is -2.20. The molecule has 0 aromatic heterocycles. The molecule has 0 heterocycles. The molecule has 10 nitrogen and oxygen atoms in total. The molecule has 3 N–H and O–H groups in total. The molecular formula is C51H97O10P. The Balaban J connectivity index is 4.15. The molecule has 0 aliphatic heterocycles. The largest absolute Gasteiger partial charge is 0.472 e. The number of carbonyl (C=O) groups excluding carboxylic acids is 2. The van der Waals surface area contributed by atoms with Gasteiger partial charge in [-0.1, -0.05) is 218 Å². The van der Waals surface area contributed by atoms with Gasteiger partial charge in [0.25, 0.3) is 0 Å². The van der Waals surface area contributed by atoms with Gasteiger partial charge in [-0.3, -0.25) is 18.6 Å². The molecule has 0 aromatic rings. The van der Waals surface area contributed by atoms with Gasteiger partial charge >= 0.3 is 19.8 Å². The van der Waals surface area contributed by atoms with Gasteiger partial charge in [-0.05, 0) is 44.9 Å². The van der Waals surface area contributed by atoms with Gasteiger partial charge in [0.1, 0.15) is 12.7 Å². The minimum Gasteiger partial charge on any atom is -0.462 e. The number of ether oxygens (including phenoxy) is 2. The first-order valence-corrected chi connectivity index (χ1v) is 27.3. The number of hydrogen-bond donors (Lipinski definition) is 3. The molecule has 0 saturated carbocycles. The lowest BCUT2D eigenvalue weighted by molar-refractivity contribution is -0.161. The lowest BCUT2D eigenvalue weighted by Crippen LogP contribution is -2.29. The summed E-state index contributed by atoms with van der Waals surface area (Å²) in [7, 11) is -4.62. The van der Waals surface area contributed by atoms with E-state index in [9.17, 15) is 24.2 Å². The minimum absolute atomic E-state index is 0.178. The molecule has 0 amide bonds. The first kappa shape index (κ1) is 60.5. The molecule has 0 aliphatic carbocycles. The van der Waals surface area contributed by atoms with E-state index in [0.29, 0.717) is 12.8 Å². The average Bonchev–Trinajstić information content (AvgIpc) is 3.26. The number of aliphatic hydroxyl groups excluding tert-OH is 2. The molecule has 0 spiro atoms. The van der Waals surface area contributed by atoms with Gasteiger partial charge in [0.2, 0.25) is 0 Å². The van der Waals surface area contributed by atoms with E-state index in [-0.39, 0.29) is 19.4 Å². The number of hydrogen-bond acceptors (Lipinski definition) is 9. The number of esters is 2. The van der Waals surface area contributed by atoms with E-state index in [2.05, 4.69) is 38.2 Å². The fraction of sp³-hybridized carbons (Fsp3) is 0.882. The molecule has 62 heavy (non-hydrogen) atoms. The SMILES string of the molecule is CCCCCC/C=C\C/C=C\CCCCCCCCCC(=O)OC(COC(=O)CCCCCCCCCCCCCCCCCCCCCCC)COP(=O)(O)OCC(O)CO. The summed E-state index contributed by atoms with van der Waals surface area (Å²) in [5.41, 5.74) is 0. The van der Waals surface area contributed by atoms with Crippen LogP contribution in [0, 0.1) is 0 Å². The van der Waals surface area contributed by atoms with Crippen molar-refractivity contribution >= 4 is 19.8 Å². The zero-order valence-electron chi connectivity index (χ0n) is 40.1. The molecule has 3 unspecified atom stereocenters. The number of aliphatic hydroxyl groups is 2. The van der Waals surface area contributed by atoms with Crippen LogP contribution in [0.5, 0.6) is 0 Å². The highest BCUT2D eigenvalue weighted by molar-refractivity contribution is 7.47. The average molecular weight is 901 g/mol.